The van der Waals surface area contributed by atoms with E-state index in [-0.39, 0.29) is 20.1 Å². The summed E-state index contributed by atoms with van der Waals surface area (Å²) >= 11 is 0. The quantitative estimate of drug-likeness (QED) is 0.180. The van der Waals surface area contributed by atoms with E-state index >= 15 is 0 Å². The molecule has 0 saturated carbocycles. The molecule has 0 spiro atoms. The fourth-order valence-electron chi connectivity index (χ4n) is 4.70. The summed E-state index contributed by atoms with van der Waals surface area (Å²) in [6.07, 6.45) is 1.61. The molecule has 31 heavy (non-hydrogen) atoms. The molecule has 3 heterocycles. The molecule has 0 bridgehead atoms. The van der Waals surface area contributed by atoms with E-state index in [2.05, 4.69) is 93.5 Å². The third kappa shape index (κ3) is 2.45. The number of hydrogen-bond acceptors (Lipinski definition) is 2. The van der Waals surface area contributed by atoms with E-state index in [1.807, 2.05) is 16.6 Å². The van der Waals surface area contributed by atoms with Crippen LogP contribution in [0.2, 0.25) is 0 Å². The average Bonchev–Trinajstić information content (AvgIpc) is 3.42. The zero-order valence-electron chi connectivity index (χ0n) is 16.3. The first-order chi connectivity index (χ1) is 14.9. The van der Waals surface area contributed by atoms with Gasteiger partial charge in [-0.2, -0.15) is 29.4 Å². The van der Waals surface area contributed by atoms with Gasteiger partial charge in [-0.15, -0.1) is 5.39 Å². The summed E-state index contributed by atoms with van der Waals surface area (Å²) in [6, 6.07) is 33.2. The minimum absolute atomic E-state index is 0. The van der Waals surface area contributed by atoms with E-state index in [1.165, 1.54) is 21.8 Å². The van der Waals surface area contributed by atoms with E-state index in [9.17, 15) is 0 Å². The average molecular weight is 576 g/mol. The van der Waals surface area contributed by atoms with Crippen molar-refractivity contribution in [3.05, 3.63) is 97.3 Å². The molecule has 0 N–H and O–H groups in total. The Bertz CT molecular complexity index is 1710. The second-order valence-corrected chi connectivity index (χ2v) is 7.53. The van der Waals surface area contributed by atoms with Crippen molar-refractivity contribution in [1.82, 2.24) is 19.2 Å². The number of fused-ring (bicyclic) bond motifs is 9. The van der Waals surface area contributed by atoms with Gasteiger partial charge < -0.3 is 4.57 Å². The summed E-state index contributed by atoms with van der Waals surface area (Å²) in [5, 5.41) is 10.3. The van der Waals surface area contributed by atoms with Gasteiger partial charge in [-0.3, -0.25) is 0 Å². The molecule has 0 saturated heterocycles. The van der Waals surface area contributed by atoms with Crippen LogP contribution in [0.25, 0.3) is 54.8 Å². The number of nitrogens with zero attached hydrogens (tertiary/aromatic N) is 4. The maximum absolute atomic E-state index is 4.51. The molecule has 0 atom stereocenters. The van der Waals surface area contributed by atoms with Crippen molar-refractivity contribution in [1.29, 1.82) is 0 Å². The molecule has 4 aromatic carbocycles. The molecular weight excluding hydrogens is 561 g/mol. The molecule has 4 nitrogen and oxygen atoms in total. The van der Waals surface area contributed by atoms with Gasteiger partial charge in [0.05, 0.1) is 11.0 Å². The van der Waals surface area contributed by atoms with E-state index in [4.69, 9.17) is 0 Å². The molecule has 7 aromatic rings. The molecule has 0 amide bonds. The number of benzene rings is 4. The minimum atomic E-state index is 0. The molecule has 0 unspecified atom stereocenters. The van der Waals surface area contributed by atoms with Crippen molar-refractivity contribution in [2.45, 2.75) is 0 Å². The summed E-state index contributed by atoms with van der Waals surface area (Å²) in [6.45, 7) is 0. The molecule has 3 aromatic heterocycles. The predicted molar refractivity (Wildman–Crippen MR) is 121 cm³/mol. The second-order valence-electron chi connectivity index (χ2n) is 7.53. The van der Waals surface area contributed by atoms with E-state index in [1.54, 1.807) is 6.33 Å². The van der Waals surface area contributed by atoms with Crippen molar-refractivity contribution in [2.24, 2.45) is 0 Å². The zero-order chi connectivity index (χ0) is 19.7. The van der Waals surface area contributed by atoms with Gasteiger partial charge in [-0.25, -0.2) is 9.50 Å². The second kappa shape index (κ2) is 6.74. The Kier molecular flexibility index (Phi) is 3.97. The third-order valence-electron chi connectivity index (χ3n) is 5.97. The van der Waals surface area contributed by atoms with Crippen molar-refractivity contribution in [3.63, 3.8) is 0 Å². The van der Waals surface area contributed by atoms with Gasteiger partial charge in [-0.05, 0) is 35.8 Å². The van der Waals surface area contributed by atoms with Crippen molar-refractivity contribution < 1.29 is 20.1 Å². The standard InChI is InChI=1S/C26H15N4.Ir/c1-4-10-23-18(7-1)19-8-2-5-11-24(19)29(23)17-13-14-21-22(15-17)20-9-3-6-12-25(20)30-26(21)27-16-28-30;/h1-11,13-16H;/q-1;. The van der Waals surface area contributed by atoms with Crippen LogP contribution in [-0.2, 0) is 20.1 Å². The van der Waals surface area contributed by atoms with Gasteiger partial charge in [0.1, 0.15) is 6.33 Å². The van der Waals surface area contributed by atoms with Gasteiger partial charge in [0.2, 0.25) is 0 Å². The number of hydrogen-bond donors (Lipinski definition) is 0. The zero-order valence-corrected chi connectivity index (χ0v) is 18.7. The summed E-state index contributed by atoms with van der Waals surface area (Å²) in [7, 11) is 0. The molecular formula is C26H15IrN4-. The van der Waals surface area contributed by atoms with Crippen LogP contribution in [0.5, 0.6) is 0 Å². The number of rotatable bonds is 1. The molecule has 0 aliphatic heterocycles. The number of para-hydroxylation sites is 3. The van der Waals surface area contributed by atoms with Gasteiger partial charge in [0.25, 0.3) is 0 Å². The summed E-state index contributed by atoms with van der Waals surface area (Å²) in [5.74, 6) is 0. The van der Waals surface area contributed by atoms with Crippen LogP contribution in [0.3, 0.4) is 0 Å². The Morgan fingerprint density at radius 3 is 2.16 bits per heavy atom. The summed E-state index contributed by atoms with van der Waals surface area (Å²) in [5.41, 5.74) is 5.34. The van der Waals surface area contributed by atoms with Gasteiger partial charge in [0, 0.05) is 42.0 Å². The van der Waals surface area contributed by atoms with E-state index < -0.39 is 0 Å². The normalized spacial score (nSPS) is 11.6. The molecule has 0 aliphatic carbocycles. The maximum atomic E-state index is 4.51. The summed E-state index contributed by atoms with van der Waals surface area (Å²) < 4.78 is 4.22. The van der Waals surface area contributed by atoms with Crippen LogP contribution in [0.15, 0.2) is 91.3 Å². The Labute approximate surface area is 191 Å². The molecule has 5 heteroatoms. The number of pyridine rings is 1. The molecule has 149 valence electrons. The Morgan fingerprint density at radius 2 is 1.39 bits per heavy atom. The summed E-state index contributed by atoms with van der Waals surface area (Å²) in [4.78, 5) is 4.51. The first-order valence-electron chi connectivity index (χ1n) is 9.94. The van der Waals surface area contributed by atoms with E-state index in [0.717, 1.165) is 33.0 Å². The van der Waals surface area contributed by atoms with Gasteiger partial charge in [0.15, 0.2) is 5.65 Å². The maximum Gasteiger partial charge on any atom is 0.160 e. The Balaban J connectivity index is 0.00000185. The molecule has 1 radical (unpaired) electrons. The van der Waals surface area contributed by atoms with Crippen LogP contribution < -0.4 is 0 Å². The molecule has 0 aliphatic rings. The fourth-order valence-corrected chi connectivity index (χ4v) is 4.70. The third-order valence-corrected chi connectivity index (χ3v) is 5.97. The minimum Gasteiger partial charge on any atom is -0.309 e. The topological polar surface area (TPSA) is 35.1 Å². The van der Waals surface area contributed by atoms with Crippen molar-refractivity contribution in [3.8, 4) is 5.69 Å². The molecule has 7 rings (SSSR count). The first-order valence-corrected chi connectivity index (χ1v) is 9.94. The van der Waals surface area contributed by atoms with E-state index in [0.29, 0.717) is 0 Å². The van der Waals surface area contributed by atoms with Crippen LogP contribution in [-0.4, -0.2) is 19.2 Å². The smallest absolute Gasteiger partial charge is 0.160 e. The van der Waals surface area contributed by atoms with Crippen LogP contribution in [0, 0.1) is 6.07 Å². The number of aromatic nitrogens is 4. The van der Waals surface area contributed by atoms with Crippen LogP contribution in [0.4, 0.5) is 0 Å². The van der Waals surface area contributed by atoms with Gasteiger partial charge in [-0.1, -0.05) is 41.8 Å². The SMILES string of the molecule is [Ir].[c-]1cccc2c3cc(-n4c5ccccc5c5ccccc54)ccc3c3ncnn3c12. The van der Waals surface area contributed by atoms with Crippen molar-refractivity contribution >= 4 is 49.1 Å². The Morgan fingerprint density at radius 1 is 0.677 bits per heavy atom. The largest absolute Gasteiger partial charge is 0.309 e. The fraction of sp³-hybridized carbons (Fsp3) is 0. The van der Waals surface area contributed by atoms with Gasteiger partial charge >= 0.3 is 0 Å². The van der Waals surface area contributed by atoms with Crippen LogP contribution >= 0.6 is 0 Å². The molecule has 0 fully saturated rings. The predicted octanol–water partition coefficient (Wildman–Crippen LogP) is 5.93. The first kappa shape index (κ1) is 18.3. The monoisotopic (exact) mass is 576 g/mol. The van der Waals surface area contributed by atoms with Crippen molar-refractivity contribution in [2.75, 3.05) is 0 Å². The Hall–Kier alpha value is -3.53. The van der Waals surface area contributed by atoms with Crippen LogP contribution in [0.1, 0.15) is 0 Å².